The first-order valence-electron chi connectivity index (χ1n) is 11.1. The van der Waals surface area contributed by atoms with Crippen molar-refractivity contribution >= 4 is 0 Å². The Labute approximate surface area is 189 Å². The summed E-state index contributed by atoms with van der Waals surface area (Å²) in [5.74, 6) is 0. The van der Waals surface area contributed by atoms with E-state index in [0.29, 0.717) is 19.6 Å². The molecule has 0 unspecified atom stereocenters. The van der Waals surface area contributed by atoms with Crippen LogP contribution in [-0.4, -0.2) is 59.0 Å². The second-order valence-corrected chi connectivity index (χ2v) is 8.67. The number of hydrogen-bond donors (Lipinski definition) is 2. The SMILES string of the molecule is C=C[C@@H]1O[C@H]1[C@@H](O)[C@@]1(C)O[C@@H](COCc2ccccc2)[C@H](OCc2ccccc2)C[C@@H]1O. The predicted octanol–water partition coefficient (Wildman–Crippen LogP) is 3.01. The van der Waals surface area contributed by atoms with Crippen LogP contribution >= 0.6 is 0 Å². The summed E-state index contributed by atoms with van der Waals surface area (Å²) in [5, 5.41) is 21.9. The van der Waals surface area contributed by atoms with Crippen molar-refractivity contribution in [3.05, 3.63) is 84.4 Å². The number of aliphatic hydroxyl groups excluding tert-OH is 2. The van der Waals surface area contributed by atoms with Crippen LogP contribution < -0.4 is 0 Å². The molecule has 2 aliphatic rings. The maximum absolute atomic E-state index is 10.9. The quantitative estimate of drug-likeness (QED) is 0.437. The Bertz CT molecular complexity index is 859. The van der Waals surface area contributed by atoms with Crippen LogP contribution in [0, 0.1) is 0 Å². The van der Waals surface area contributed by atoms with Gasteiger partial charge in [-0.05, 0) is 18.1 Å². The first-order valence-corrected chi connectivity index (χ1v) is 11.1. The molecular weight excluding hydrogens is 408 g/mol. The maximum Gasteiger partial charge on any atom is 0.120 e. The average molecular weight is 441 g/mol. The largest absolute Gasteiger partial charge is 0.390 e. The third-order valence-corrected chi connectivity index (χ3v) is 6.33. The molecule has 0 amide bonds. The van der Waals surface area contributed by atoms with E-state index in [1.807, 2.05) is 60.7 Å². The topological polar surface area (TPSA) is 80.7 Å². The minimum atomic E-state index is -1.20. The molecule has 0 aliphatic carbocycles. The summed E-state index contributed by atoms with van der Waals surface area (Å²) in [6, 6.07) is 19.8. The van der Waals surface area contributed by atoms with Crippen LogP contribution in [0.5, 0.6) is 0 Å². The van der Waals surface area contributed by atoms with E-state index in [4.69, 9.17) is 18.9 Å². The first kappa shape index (κ1) is 23.1. The van der Waals surface area contributed by atoms with Crippen LogP contribution in [0.15, 0.2) is 73.3 Å². The molecule has 6 nitrogen and oxygen atoms in total. The molecule has 6 heteroatoms. The lowest BCUT2D eigenvalue weighted by molar-refractivity contribution is -0.271. The summed E-state index contributed by atoms with van der Waals surface area (Å²) in [6.07, 6.45) is -1.42. The predicted molar refractivity (Wildman–Crippen MR) is 120 cm³/mol. The lowest BCUT2D eigenvalue weighted by Crippen LogP contribution is -2.63. The molecule has 2 aliphatic heterocycles. The zero-order chi connectivity index (χ0) is 22.6. The Kier molecular flexibility index (Phi) is 7.40. The van der Waals surface area contributed by atoms with Crippen LogP contribution in [0.4, 0.5) is 0 Å². The standard InChI is InChI=1S/C26H32O6/c1-3-20-24(31-20)25(28)26(2)23(27)14-21(30-16-19-12-8-5-9-13-19)22(32-26)17-29-15-18-10-6-4-7-11-18/h3-13,20-25,27-28H,1,14-17H2,2H3/t20-,21+,22-,23-,24+,25+,26-/m0/s1. The van der Waals surface area contributed by atoms with Gasteiger partial charge < -0.3 is 29.2 Å². The van der Waals surface area contributed by atoms with Gasteiger partial charge in [-0.15, -0.1) is 6.58 Å². The van der Waals surface area contributed by atoms with E-state index < -0.39 is 30.0 Å². The van der Waals surface area contributed by atoms with Crippen LogP contribution in [0.1, 0.15) is 24.5 Å². The number of benzene rings is 2. The van der Waals surface area contributed by atoms with Gasteiger partial charge in [0.1, 0.15) is 30.0 Å². The molecule has 2 aromatic rings. The molecule has 0 radical (unpaired) electrons. The molecule has 4 rings (SSSR count). The van der Waals surface area contributed by atoms with E-state index in [1.54, 1.807) is 13.0 Å². The summed E-state index contributed by atoms with van der Waals surface area (Å²) >= 11 is 0. The van der Waals surface area contributed by atoms with Gasteiger partial charge in [0.05, 0.1) is 32.0 Å². The number of hydrogen-bond acceptors (Lipinski definition) is 6. The zero-order valence-corrected chi connectivity index (χ0v) is 18.4. The van der Waals surface area contributed by atoms with Crippen LogP contribution in [0.2, 0.25) is 0 Å². The van der Waals surface area contributed by atoms with Gasteiger partial charge in [0, 0.05) is 6.42 Å². The first-order chi connectivity index (χ1) is 15.5. The highest BCUT2D eigenvalue weighted by molar-refractivity contribution is 5.15. The number of rotatable bonds is 10. The van der Waals surface area contributed by atoms with Crippen molar-refractivity contribution in [3.8, 4) is 0 Å². The lowest BCUT2D eigenvalue weighted by atomic mass is 9.82. The Hall–Kier alpha value is -2.06. The van der Waals surface area contributed by atoms with Gasteiger partial charge in [-0.1, -0.05) is 66.7 Å². The van der Waals surface area contributed by atoms with E-state index in [0.717, 1.165) is 11.1 Å². The summed E-state index contributed by atoms with van der Waals surface area (Å²) in [4.78, 5) is 0. The summed E-state index contributed by atoms with van der Waals surface area (Å²) < 4.78 is 23.9. The molecule has 2 fully saturated rings. The van der Waals surface area contributed by atoms with Gasteiger partial charge in [-0.25, -0.2) is 0 Å². The molecule has 7 atom stereocenters. The van der Waals surface area contributed by atoms with Crippen molar-refractivity contribution in [2.24, 2.45) is 0 Å². The third kappa shape index (κ3) is 5.29. The van der Waals surface area contributed by atoms with Crippen molar-refractivity contribution in [1.29, 1.82) is 0 Å². The highest BCUT2D eigenvalue weighted by Crippen LogP contribution is 2.40. The van der Waals surface area contributed by atoms with Gasteiger partial charge in [0.15, 0.2) is 0 Å². The minimum Gasteiger partial charge on any atom is -0.390 e. The monoisotopic (exact) mass is 440 g/mol. The van der Waals surface area contributed by atoms with E-state index in [9.17, 15) is 10.2 Å². The Morgan fingerprint density at radius 1 is 1.09 bits per heavy atom. The molecule has 32 heavy (non-hydrogen) atoms. The van der Waals surface area contributed by atoms with Crippen molar-refractivity contribution in [2.75, 3.05) is 6.61 Å². The fourth-order valence-electron chi connectivity index (χ4n) is 4.22. The Morgan fingerprint density at radius 2 is 1.72 bits per heavy atom. The highest BCUT2D eigenvalue weighted by atomic mass is 16.6. The number of epoxide rings is 1. The molecular formula is C26H32O6. The number of aliphatic hydroxyl groups is 2. The smallest absolute Gasteiger partial charge is 0.120 e. The maximum atomic E-state index is 10.9. The Morgan fingerprint density at radius 3 is 2.31 bits per heavy atom. The van der Waals surface area contributed by atoms with Gasteiger partial charge in [0.25, 0.3) is 0 Å². The molecule has 2 heterocycles. The highest BCUT2D eigenvalue weighted by Gasteiger charge is 2.57. The molecule has 2 N–H and O–H groups in total. The van der Waals surface area contributed by atoms with E-state index >= 15 is 0 Å². The molecule has 0 spiro atoms. The second-order valence-electron chi connectivity index (χ2n) is 8.67. The molecule has 2 aromatic carbocycles. The van der Waals surface area contributed by atoms with E-state index in [1.165, 1.54) is 0 Å². The van der Waals surface area contributed by atoms with E-state index in [-0.39, 0.29) is 18.8 Å². The molecule has 0 saturated carbocycles. The van der Waals surface area contributed by atoms with Crippen molar-refractivity contribution in [3.63, 3.8) is 0 Å². The summed E-state index contributed by atoms with van der Waals surface area (Å²) in [7, 11) is 0. The van der Waals surface area contributed by atoms with Gasteiger partial charge in [0.2, 0.25) is 0 Å². The Balaban J connectivity index is 1.44. The minimum absolute atomic E-state index is 0.225. The fraction of sp³-hybridized carbons (Fsp3) is 0.462. The second kappa shape index (κ2) is 10.3. The van der Waals surface area contributed by atoms with Gasteiger partial charge in [-0.2, -0.15) is 0 Å². The fourth-order valence-corrected chi connectivity index (χ4v) is 4.22. The molecule has 172 valence electrons. The van der Waals surface area contributed by atoms with Gasteiger partial charge >= 0.3 is 0 Å². The number of ether oxygens (including phenoxy) is 4. The van der Waals surface area contributed by atoms with Crippen molar-refractivity contribution in [2.45, 2.75) is 68.8 Å². The summed E-state index contributed by atoms with van der Waals surface area (Å²) in [5.41, 5.74) is 0.906. The third-order valence-electron chi connectivity index (χ3n) is 6.33. The molecule has 2 saturated heterocycles. The van der Waals surface area contributed by atoms with Crippen LogP contribution in [-0.2, 0) is 32.2 Å². The van der Waals surface area contributed by atoms with Crippen molar-refractivity contribution < 1.29 is 29.2 Å². The molecule has 0 bridgehead atoms. The average Bonchev–Trinajstić information content (AvgIpc) is 3.61. The van der Waals surface area contributed by atoms with Gasteiger partial charge in [-0.3, -0.25) is 0 Å². The zero-order valence-electron chi connectivity index (χ0n) is 18.4. The van der Waals surface area contributed by atoms with Crippen LogP contribution in [0.3, 0.4) is 0 Å². The molecule has 0 aromatic heterocycles. The normalized spacial score (nSPS) is 32.9. The van der Waals surface area contributed by atoms with Crippen LogP contribution in [0.25, 0.3) is 0 Å². The van der Waals surface area contributed by atoms with E-state index in [2.05, 4.69) is 6.58 Å². The summed E-state index contributed by atoms with van der Waals surface area (Å²) in [6.45, 7) is 6.56. The van der Waals surface area contributed by atoms with Crippen molar-refractivity contribution in [1.82, 2.24) is 0 Å². The lowest BCUT2D eigenvalue weighted by Gasteiger charge is -2.47.